The van der Waals surface area contributed by atoms with Crippen LogP contribution in [-0.4, -0.2) is 0 Å². The van der Waals surface area contributed by atoms with Crippen LogP contribution in [0, 0.1) is 0 Å². The maximum absolute atomic E-state index is 2.30. The minimum absolute atomic E-state index is 0.756. The van der Waals surface area contributed by atoms with Crippen molar-refractivity contribution in [1.82, 2.24) is 0 Å². The molecule has 76 valence electrons. The third-order valence-electron chi connectivity index (χ3n) is 3.36. The number of benzene rings is 1. The summed E-state index contributed by atoms with van der Waals surface area (Å²) in [4.78, 5) is 0. The molecule has 1 aliphatic carbocycles. The van der Waals surface area contributed by atoms with Crippen LogP contribution in [0.25, 0.3) is 0 Å². The molecule has 0 aliphatic heterocycles. The molecule has 3 rings (SSSR count). The fourth-order valence-electron chi connectivity index (χ4n) is 2.49. The van der Waals surface area contributed by atoms with Crippen molar-refractivity contribution in [1.29, 1.82) is 0 Å². The summed E-state index contributed by atoms with van der Waals surface area (Å²) < 4.78 is 0. The molecule has 0 radical (unpaired) electrons. The van der Waals surface area contributed by atoms with E-state index >= 15 is 0 Å². The second kappa shape index (κ2) is 3.82. The normalized spacial score (nSPS) is 19.9. The lowest BCUT2D eigenvalue weighted by Crippen LogP contribution is -2.11. The topological polar surface area (TPSA) is 0 Å². The number of fused-ring (bicyclic) bond motifs is 1. The Morgan fingerprint density at radius 3 is 2.73 bits per heavy atom. The van der Waals surface area contributed by atoms with Gasteiger partial charge in [0, 0.05) is 0 Å². The molecule has 0 bridgehead atoms. The molecule has 1 aliphatic rings. The Hall–Kier alpha value is -1.08. The molecule has 0 saturated carbocycles. The van der Waals surface area contributed by atoms with E-state index in [-0.39, 0.29) is 0 Å². The molecule has 1 aromatic carbocycles. The molecule has 1 heteroatoms. The van der Waals surface area contributed by atoms with Gasteiger partial charge < -0.3 is 0 Å². The van der Waals surface area contributed by atoms with Crippen molar-refractivity contribution in [3.8, 4) is 0 Å². The van der Waals surface area contributed by atoms with Gasteiger partial charge in [0.2, 0.25) is 0 Å². The molecule has 0 nitrogen and oxygen atoms in total. The maximum Gasteiger partial charge on any atom is -0.00583 e. The highest BCUT2D eigenvalue weighted by Gasteiger charge is 2.19. The average Bonchev–Trinajstić information content (AvgIpc) is 2.82. The summed E-state index contributed by atoms with van der Waals surface area (Å²) in [5.74, 6) is 0.756. The van der Waals surface area contributed by atoms with Crippen LogP contribution in [-0.2, 0) is 12.8 Å². The number of hydrogen-bond donors (Lipinski definition) is 0. The van der Waals surface area contributed by atoms with Gasteiger partial charge in [-0.3, -0.25) is 0 Å². The molecule has 0 saturated heterocycles. The molecule has 15 heavy (non-hydrogen) atoms. The lowest BCUT2D eigenvalue weighted by Gasteiger charge is -2.23. The van der Waals surface area contributed by atoms with Crippen LogP contribution in [0.3, 0.4) is 0 Å². The molecule has 0 N–H and O–H groups in total. The zero-order valence-corrected chi connectivity index (χ0v) is 9.46. The second-order valence-corrected chi connectivity index (χ2v) is 5.05. The van der Waals surface area contributed by atoms with Crippen molar-refractivity contribution in [3.63, 3.8) is 0 Å². The first-order chi connectivity index (χ1) is 7.43. The van der Waals surface area contributed by atoms with E-state index < -0.39 is 0 Å². The Morgan fingerprint density at radius 1 is 1.07 bits per heavy atom. The van der Waals surface area contributed by atoms with Gasteiger partial charge in [-0.2, -0.15) is 11.3 Å². The number of thiophene rings is 1. The first-order valence-corrected chi connectivity index (χ1v) is 6.46. The van der Waals surface area contributed by atoms with E-state index in [1.54, 1.807) is 11.1 Å². The third kappa shape index (κ3) is 1.72. The van der Waals surface area contributed by atoms with E-state index in [9.17, 15) is 0 Å². The first-order valence-electron chi connectivity index (χ1n) is 5.52. The Morgan fingerprint density at radius 2 is 1.93 bits per heavy atom. The van der Waals surface area contributed by atoms with Gasteiger partial charge in [0.15, 0.2) is 0 Å². The van der Waals surface area contributed by atoms with Gasteiger partial charge in [-0.05, 0) is 58.7 Å². The van der Waals surface area contributed by atoms with E-state index in [1.165, 1.54) is 24.8 Å². The van der Waals surface area contributed by atoms with Crippen LogP contribution in [0.1, 0.15) is 29.0 Å². The molecule has 1 aromatic heterocycles. The van der Waals surface area contributed by atoms with E-state index in [2.05, 4.69) is 41.1 Å². The van der Waals surface area contributed by atoms with Gasteiger partial charge in [-0.1, -0.05) is 24.3 Å². The van der Waals surface area contributed by atoms with Crippen molar-refractivity contribution in [3.05, 3.63) is 57.8 Å². The minimum atomic E-state index is 0.756. The predicted molar refractivity (Wildman–Crippen MR) is 65.5 cm³/mol. The van der Waals surface area contributed by atoms with Gasteiger partial charge in [0.1, 0.15) is 0 Å². The molecule has 1 unspecified atom stereocenters. The summed E-state index contributed by atoms with van der Waals surface area (Å²) in [6, 6.07) is 11.2. The summed E-state index contributed by atoms with van der Waals surface area (Å²) in [6.07, 6.45) is 3.79. The molecule has 0 spiro atoms. The van der Waals surface area contributed by atoms with Gasteiger partial charge in [0.05, 0.1) is 0 Å². The van der Waals surface area contributed by atoms with Crippen molar-refractivity contribution in [2.75, 3.05) is 0 Å². The zero-order valence-electron chi connectivity index (χ0n) is 8.65. The molecule has 1 atom stereocenters. The molecular formula is C14H14S. The van der Waals surface area contributed by atoms with E-state index in [0.29, 0.717) is 0 Å². The smallest absolute Gasteiger partial charge is 0.00583 e. The van der Waals surface area contributed by atoms with Crippen LogP contribution in [0.4, 0.5) is 0 Å². The zero-order chi connectivity index (χ0) is 10.1. The fourth-order valence-corrected chi connectivity index (χ4v) is 3.23. The van der Waals surface area contributed by atoms with Gasteiger partial charge >= 0.3 is 0 Å². The third-order valence-corrected chi connectivity index (χ3v) is 4.06. The van der Waals surface area contributed by atoms with Crippen molar-refractivity contribution < 1.29 is 0 Å². The average molecular weight is 214 g/mol. The van der Waals surface area contributed by atoms with Crippen molar-refractivity contribution in [2.45, 2.75) is 25.2 Å². The van der Waals surface area contributed by atoms with E-state index in [1.807, 2.05) is 11.3 Å². The van der Waals surface area contributed by atoms with Crippen molar-refractivity contribution in [2.24, 2.45) is 0 Å². The van der Waals surface area contributed by atoms with E-state index in [4.69, 9.17) is 0 Å². The van der Waals surface area contributed by atoms with E-state index in [0.717, 1.165) is 5.92 Å². The lowest BCUT2D eigenvalue weighted by atomic mass is 9.81. The van der Waals surface area contributed by atoms with Gasteiger partial charge in [-0.15, -0.1) is 0 Å². The largest absolute Gasteiger partial charge is 0.152 e. The summed E-state index contributed by atoms with van der Waals surface area (Å²) >= 11 is 1.81. The highest BCUT2D eigenvalue weighted by atomic mass is 32.1. The minimum Gasteiger partial charge on any atom is -0.152 e. The van der Waals surface area contributed by atoms with Crippen molar-refractivity contribution >= 4 is 11.3 Å². The monoisotopic (exact) mass is 214 g/mol. The maximum atomic E-state index is 2.30. The quantitative estimate of drug-likeness (QED) is 0.672. The lowest BCUT2D eigenvalue weighted by molar-refractivity contribution is 0.586. The standard InChI is InChI=1S/C14H14S/c1-2-4-12-9-13(6-5-11(12)3-1)14-7-8-15-10-14/h1-4,7-8,10,13H,5-6,9H2. The van der Waals surface area contributed by atoms with Crippen LogP contribution >= 0.6 is 11.3 Å². The number of rotatable bonds is 1. The molecular weight excluding hydrogens is 200 g/mol. The summed E-state index contributed by atoms with van der Waals surface area (Å²) in [5.41, 5.74) is 4.65. The van der Waals surface area contributed by atoms with Crippen LogP contribution in [0.2, 0.25) is 0 Å². The van der Waals surface area contributed by atoms with Gasteiger partial charge in [0.25, 0.3) is 0 Å². The Bertz CT molecular complexity index is 442. The van der Waals surface area contributed by atoms with Crippen LogP contribution < -0.4 is 0 Å². The Labute approximate surface area is 94.6 Å². The molecule has 1 heterocycles. The summed E-state index contributed by atoms with van der Waals surface area (Å²) in [5, 5.41) is 4.49. The van der Waals surface area contributed by atoms with Gasteiger partial charge in [-0.25, -0.2) is 0 Å². The number of hydrogen-bond acceptors (Lipinski definition) is 1. The summed E-state index contributed by atoms with van der Waals surface area (Å²) in [7, 11) is 0. The first kappa shape index (κ1) is 9.17. The highest BCUT2D eigenvalue weighted by molar-refractivity contribution is 7.07. The molecule has 0 fully saturated rings. The van der Waals surface area contributed by atoms with Crippen LogP contribution in [0.15, 0.2) is 41.1 Å². The predicted octanol–water partition coefficient (Wildman–Crippen LogP) is 4.02. The highest BCUT2D eigenvalue weighted by Crippen LogP contribution is 2.33. The van der Waals surface area contributed by atoms with Crippen LogP contribution in [0.5, 0.6) is 0 Å². The Kier molecular flexibility index (Phi) is 2.34. The Balaban J connectivity index is 1.89. The SMILES string of the molecule is c1ccc2c(c1)CCC(c1ccsc1)C2. The number of aryl methyl sites for hydroxylation is 1. The summed E-state index contributed by atoms with van der Waals surface area (Å²) in [6.45, 7) is 0. The second-order valence-electron chi connectivity index (χ2n) is 4.27. The molecule has 2 aromatic rings. The molecule has 0 amide bonds. The fraction of sp³-hybridized carbons (Fsp3) is 0.286.